The molecule has 3 rings (SSSR count). The molecule has 0 aromatic heterocycles. The molecule has 0 radical (unpaired) electrons. The summed E-state index contributed by atoms with van der Waals surface area (Å²) in [6.45, 7) is 2.39. The fourth-order valence-electron chi connectivity index (χ4n) is 2.72. The Kier molecular flexibility index (Phi) is 3.20. The van der Waals surface area contributed by atoms with Crippen LogP contribution in [0.15, 0.2) is 42.5 Å². The Morgan fingerprint density at radius 1 is 1.00 bits per heavy atom. The largest absolute Gasteiger partial charge is 0.382 e. The first kappa shape index (κ1) is 11.5. The number of piperidine rings is 1. The maximum absolute atomic E-state index is 3.72. The number of nitrogens with one attached hydrogen (secondary N) is 1. The highest BCUT2D eigenvalue weighted by Gasteiger charge is 2.16. The maximum Gasteiger partial charge on any atom is 0.0422 e. The third kappa shape index (κ3) is 2.34. The van der Waals surface area contributed by atoms with Crippen molar-refractivity contribution in [1.29, 1.82) is 0 Å². The van der Waals surface area contributed by atoms with E-state index in [0.717, 1.165) is 0 Å². The van der Waals surface area contributed by atoms with E-state index in [-0.39, 0.29) is 0 Å². The number of hydrogen-bond acceptors (Lipinski definition) is 2. The molecule has 2 nitrogen and oxygen atoms in total. The van der Waals surface area contributed by atoms with E-state index in [9.17, 15) is 0 Å². The van der Waals surface area contributed by atoms with E-state index in [1.165, 1.54) is 42.4 Å². The molecule has 1 N–H and O–H groups in total. The molecule has 2 aromatic carbocycles. The topological polar surface area (TPSA) is 15.3 Å². The summed E-state index contributed by atoms with van der Waals surface area (Å²) in [6, 6.07) is 15.7. The van der Waals surface area contributed by atoms with Crippen molar-refractivity contribution in [3.05, 3.63) is 42.5 Å². The summed E-state index contributed by atoms with van der Waals surface area (Å²) >= 11 is 0. The SMILES string of the molecule is CN1CCC(Nc2cccc3ccccc23)CC1. The zero-order valence-electron chi connectivity index (χ0n) is 10.9. The molecule has 1 aliphatic heterocycles. The predicted molar refractivity (Wildman–Crippen MR) is 78.1 cm³/mol. The summed E-state index contributed by atoms with van der Waals surface area (Å²) in [5.41, 5.74) is 1.28. The monoisotopic (exact) mass is 240 g/mol. The number of hydrogen-bond donors (Lipinski definition) is 1. The van der Waals surface area contributed by atoms with Crippen LogP contribution in [0, 0.1) is 0 Å². The molecule has 0 atom stereocenters. The lowest BCUT2D eigenvalue weighted by atomic mass is 10.0. The van der Waals surface area contributed by atoms with E-state index >= 15 is 0 Å². The van der Waals surface area contributed by atoms with Crippen LogP contribution in [-0.4, -0.2) is 31.1 Å². The van der Waals surface area contributed by atoms with Crippen LogP contribution < -0.4 is 5.32 Å². The molecule has 2 heteroatoms. The lowest BCUT2D eigenvalue weighted by Crippen LogP contribution is -2.36. The van der Waals surface area contributed by atoms with Gasteiger partial charge in [0.15, 0.2) is 0 Å². The van der Waals surface area contributed by atoms with Gasteiger partial charge in [0.25, 0.3) is 0 Å². The zero-order valence-corrected chi connectivity index (χ0v) is 10.9. The Morgan fingerprint density at radius 2 is 1.72 bits per heavy atom. The molecule has 0 spiro atoms. The first-order valence-electron chi connectivity index (χ1n) is 6.76. The molecule has 1 fully saturated rings. The van der Waals surface area contributed by atoms with Crippen LogP contribution in [0.25, 0.3) is 10.8 Å². The van der Waals surface area contributed by atoms with Gasteiger partial charge < -0.3 is 10.2 Å². The quantitative estimate of drug-likeness (QED) is 0.866. The van der Waals surface area contributed by atoms with Crippen molar-refractivity contribution < 1.29 is 0 Å². The molecule has 1 heterocycles. The molecule has 18 heavy (non-hydrogen) atoms. The minimum atomic E-state index is 0.618. The highest BCUT2D eigenvalue weighted by Crippen LogP contribution is 2.25. The standard InChI is InChI=1S/C16H20N2/c1-18-11-9-14(10-12-18)17-16-8-4-6-13-5-2-3-7-15(13)16/h2-8,14,17H,9-12H2,1H3. The number of nitrogens with zero attached hydrogens (tertiary/aromatic N) is 1. The van der Waals surface area contributed by atoms with E-state index in [1.807, 2.05) is 0 Å². The summed E-state index contributed by atoms with van der Waals surface area (Å²) in [7, 11) is 2.20. The van der Waals surface area contributed by atoms with Gasteiger partial charge in [0.1, 0.15) is 0 Å². The highest BCUT2D eigenvalue weighted by atomic mass is 15.1. The van der Waals surface area contributed by atoms with E-state index < -0.39 is 0 Å². The Hall–Kier alpha value is -1.54. The lowest BCUT2D eigenvalue weighted by molar-refractivity contribution is 0.264. The molecular weight excluding hydrogens is 220 g/mol. The highest BCUT2D eigenvalue weighted by molar-refractivity contribution is 5.93. The number of anilines is 1. The minimum Gasteiger partial charge on any atom is -0.382 e. The second kappa shape index (κ2) is 4.99. The summed E-state index contributed by atoms with van der Waals surface area (Å²) in [4.78, 5) is 2.40. The number of fused-ring (bicyclic) bond motifs is 1. The van der Waals surface area contributed by atoms with Gasteiger partial charge in [-0.25, -0.2) is 0 Å². The fourth-order valence-corrected chi connectivity index (χ4v) is 2.72. The molecule has 1 saturated heterocycles. The Bertz CT molecular complexity index is 522. The van der Waals surface area contributed by atoms with Crippen molar-refractivity contribution >= 4 is 16.5 Å². The molecule has 94 valence electrons. The van der Waals surface area contributed by atoms with Gasteiger partial charge in [-0.15, -0.1) is 0 Å². The molecule has 1 aliphatic rings. The predicted octanol–water partition coefficient (Wildman–Crippen LogP) is 3.35. The summed E-state index contributed by atoms with van der Waals surface area (Å²) in [5.74, 6) is 0. The fraction of sp³-hybridized carbons (Fsp3) is 0.375. The maximum atomic E-state index is 3.72. The second-order valence-corrected chi connectivity index (χ2v) is 5.25. The van der Waals surface area contributed by atoms with Crippen LogP contribution >= 0.6 is 0 Å². The van der Waals surface area contributed by atoms with Gasteiger partial charge in [-0.1, -0.05) is 36.4 Å². The molecule has 0 bridgehead atoms. The van der Waals surface area contributed by atoms with Crippen molar-refractivity contribution in [2.24, 2.45) is 0 Å². The van der Waals surface area contributed by atoms with Gasteiger partial charge in [0.2, 0.25) is 0 Å². The number of rotatable bonds is 2. The first-order chi connectivity index (χ1) is 8.83. The Morgan fingerprint density at radius 3 is 2.56 bits per heavy atom. The van der Waals surface area contributed by atoms with E-state index in [2.05, 4.69) is 59.7 Å². The van der Waals surface area contributed by atoms with Gasteiger partial charge in [-0.05, 0) is 44.4 Å². The minimum absolute atomic E-state index is 0.618. The number of likely N-dealkylation sites (tertiary alicyclic amines) is 1. The first-order valence-corrected chi connectivity index (χ1v) is 6.76. The van der Waals surface area contributed by atoms with Crippen LogP contribution in [0.5, 0.6) is 0 Å². The third-order valence-electron chi connectivity index (χ3n) is 3.87. The van der Waals surface area contributed by atoms with Crippen molar-refractivity contribution in [2.45, 2.75) is 18.9 Å². The molecular formula is C16H20N2. The van der Waals surface area contributed by atoms with Crippen LogP contribution in [-0.2, 0) is 0 Å². The van der Waals surface area contributed by atoms with E-state index in [0.29, 0.717) is 6.04 Å². The lowest BCUT2D eigenvalue weighted by Gasteiger charge is -2.30. The number of benzene rings is 2. The van der Waals surface area contributed by atoms with Gasteiger partial charge in [0.05, 0.1) is 0 Å². The van der Waals surface area contributed by atoms with Gasteiger partial charge >= 0.3 is 0 Å². The van der Waals surface area contributed by atoms with Crippen molar-refractivity contribution in [1.82, 2.24) is 4.90 Å². The molecule has 2 aromatic rings. The van der Waals surface area contributed by atoms with Crippen LogP contribution in [0.3, 0.4) is 0 Å². The van der Waals surface area contributed by atoms with E-state index in [4.69, 9.17) is 0 Å². The van der Waals surface area contributed by atoms with Crippen molar-refractivity contribution in [3.63, 3.8) is 0 Å². The average Bonchev–Trinajstić information content (AvgIpc) is 2.42. The average molecular weight is 240 g/mol. The summed E-state index contributed by atoms with van der Waals surface area (Å²) in [5, 5.41) is 6.37. The Balaban J connectivity index is 1.82. The second-order valence-electron chi connectivity index (χ2n) is 5.25. The van der Waals surface area contributed by atoms with Crippen LogP contribution in [0.4, 0.5) is 5.69 Å². The van der Waals surface area contributed by atoms with Gasteiger partial charge in [-0.3, -0.25) is 0 Å². The molecule has 0 unspecified atom stereocenters. The van der Waals surface area contributed by atoms with Crippen molar-refractivity contribution in [3.8, 4) is 0 Å². The summed E-state index contributed by atoms with van der Waals surface area (Å²) in [6.07, 6.45) is 2.47. The van der Waals surface area contributed by atoms with Crippen LogP contribution in [0.2, 0.25) is 0 Å². The van der Waals surface area contributed by atoms with Crippen molar-refractivity contribution in [2.75, 3.05) is 25.5 Å². The van der Waals surface area contributed by atoms with Gasteiger partial charge in [0, 0.05) is 17.1 Å². The Labute approximate surface area is 109 Å². The zero-order chi connectivity index (χ0) is 12.4. The normalized spacial score (nSPS) is 18.1. The molecule has 0 saturated carbocycles. The van der Waals surface area contributed by atoms with E-state index in [1.54, 1.807) is 0 Å². The smallest absolute Gasteiger partial charge is 0.0422 e. The van der Waals surface area contributed by atoms with Gasteiger partial charge in [-0.2, -0.15) is 0 Å². The summed E-state index contributed by atoms with van der Waals surface area (Å²) < 4.78 is 0. The van der Waals surface area contributed by atoms with Crippen LogP contribution in [0.1, 0.15) is 12.8 Å². The molecule has 0 aliphatic carbocycles. The third-order valence-corrected chi connectivity index (χ3v) is 3.87. The molecule has 0 amide bonds.